The van der Waals surface area contributed by atoms with Crippen LogP contribution in [0.25, 0.3) is 5.69 Å². The molecule has 4 fully saturated rings. The Bertz CT molecular complexity index is 1420. The Morgan fingerprint density at radius 3 is 2.27 bits per heavy atom. The van der Waals surface area contributed by atoms with E-state index in [0.717, 1.165) is 30.8 Å². The number of fused-ring (bicyclic) bond motifs is 4. The lowest BCUT2D eigenvalue weighted by Crippen LogP contribution is -2.57. The van der Waals surface area contributed by atoms with Crippen LogP contribution in [0.3, 0.4) is 0 Å². The molecule has 1 aromatic carbocycles. The summed E-state index contributed by atoms with van der Waals surface area (Å²) in [5, 5.41) is 29.0. The van der Waals surface area contributed by atoms with Crippen LogP contribution in [-0.2, 0) is 20.0 Å². The van der Waals surface area contributed by atoms with Crippen molar-refractivity contribution in [1.29, 1.82) is 0 Å². The van der Waals surface area contributed by atoms with Crippen LogP contribution in [0.5, 0.6) is 0 Å². The van der Waals surface area contributed by atoms with Crippen molar-refractivity contribution >= 4 is 29.6 Å². The first-order valence-corrected chi connectivity index (χ1v) is 12.3. The molecule has 0 aliphatic carbocycles. The number of carboxylic acids is 1. The molecule has 0 radical (unpaired) electrons. The fraction of sp³-hybridized carbons (Fsp3) is 0.458. The van der Waals surface area contributed by atoms with Gasteiger partial charge >= 0.3 is 12.1 Å². The number of piperidine rings is 4. The summed E-state index contributed by atoms with van der Waals surface area (Å²) in [6.45, 7) is 2.48. The highest BCUT2D eigenvalue weighted by Gasteiger charge is 2.49. The molecule has 2 bridgehead atoms. The first-order chi connectivity index (χ1) is 18.8. The molecule has 5 aliphatic heterocycles. The molecule has 212 valence electrons. The lowest BCUT2D eigenvalue weighted by atomic mass is 9.74. The van der Waals surface area contributed by atoms with Crippen molar-refractivity contribution in [2.45, 2.75) is 43.5 Å². The van der Waals surface area contributed by atoms with Gasteiger partial charge in [-0.25, -0.2) is 9.48 Å². The van der Waals surface area contributed by atoms with Gasteiger partial charge in [0.1, 0.15) is 17.3 Å². The van der Waals surface area contributed by atoms with E-state index in [1.807, 2.05) is 0 Å². The topological polar surface area (TPSA) is 175 Å². The van der Waals surface area contributed by atoms with Gasteiger partial charge in [-0.15, -0.1) is 5.10 Å². The minimum Gasteiger partial charge on any atom is -0.475 e. The number of aliphatic hydroxyl groups is 1. The first kappa shape index (κ1) is 27.4. The SMILES string of the molecule is O=C(O)C(F)(F)F.O=C1CCC(N2C(=O)c3ccc(-n4cc(C5(O)CN6CCC5CC6)nn4)cc3C2=O)C(=O)N1. The number of aromatic nitrogens is 3. The Morgan fingerprint density at radius 1 is 1.05 bits per heavy atom. The van der Waals surface area contributed by atoms with Crippen LogP contribution in [0.15, 0.2) is 24.4 Å². The standard InChI is InChI=1S/C22H22N6O5.C2HF3O2/c29-18-4-3-16(19(30)23-18)28-20(31)14-2-1-13(9-15(14)21(28)32)27-10-17(24-25-27)22(33)11-26-7-5-12(22)6-8-26;3-2(4,5)1(6)7/h1-2,9-10,12,16,33H,3-8,11H2,(H,23,29,30);(H,6,7). The lowest BCUT2D eigenvalue weighted by molar-refractivity contribution is -0.192. The molecule has 6 heterocycles. The van der Waals surface area contributed by atoms with Gasteiger partial charge in [-0.2, -0.15) is 13.2 Å². The Kier molecular flexibility index (Phi) is 6.70. The van der Waals surface area contributed by atoms with E-state index in [4.69, 9.17) is 9.90 Å². The number of rotatable bonds is 3. The number of aliphatic carboxylic acids is 1. The Hall–Kier alpha value is -4.18. The molecule has 2 unspecified atom stereocenters. The van der Waals surface area contributed by atoms with E-state index >= 15 is 0 Å². The highest BCUT2D eigenvalue weighted by atomic mass is 19.4. The molecule has 7 rings (SSSR count). The van der Waals surface area contributed by atoms with Gasteiger partial charge in [-0.3, -0.25) is 29.4 Å². The molecule has 0 spiro atoms. The summed E-state index contributed by atoms with van der Waals surface area (Å²) in [5.74, 6) is -4.82. The summed E-state index contributed by atoms with van der Waals surface area (Å²) in [5.41, 5.74) is 0.319. The fourth-order valence-electron chi connectivity index (χ4n) is 5.52. The maximum absolute atomic E-state index is 13.1. The largest absolute Gasteiger partial charge is 0.490 e. The molecule has 13 nitrogen and oxygen atoms in total. The predicted octanol–water partition coefficient (Wildman–Crippen LogP) is 0.215. The summed E-state index contributed by atoms with van der Waals surface area (Å²) in [6, 6.07) is 3.71. The Labute approximate surface area is 223 Å². The second-order valence-corrected chi connectivity index (χ2v) is 10.0. The number of hydrogen-bond acceptors (Lipinski definition) is 9. The van der Waals surface area contributed by atoms with Gasteiger partial charge in [0, 0.05) is 13.0 Å². The number of carboxylic acid groups (broad SMARTS) is 1. The Balaban J connectivity index is 0.000000411. The second-order valence-electron chi connectivity index (χ2n) is 10.0. The number of carbonyl (C=O) groups excluding carboxylic acids is 4. The van der Waals surface area contributed by atoms with Crippen molar-refractivity contribution in [3.8, 4) is 5.69 Å². The lowest BCUT2D eigenvalue weighted by Gasteiger charge is -2.49. The number of amides is 4. The molecule has 2 aromatic rings. The first-order valence-electron chi connectivity index (χ1n) is 12.3. The Morgan fingerprint density at radius 2 is 1.70 bits per heavy atom. The third kappa shape index (κ3) is 4.72. The van der Waals surface area contributed by atoms with Crippen molar-refractivity contribution in [2.24, 2.45) is 5.92 Å². The summed E-state index contributed by atoms with van der Waals surface area (Å²) in [7, 11) is 0. The van der Waals surface area contributed by atoms with Crippen molar-refractivity contribution in [2.75, 3.05) is 19.6 Å². The van der Waals surface area contributed by atoms with Crippen LogP contribution in [0.4, 0.5) is 13.2 Å². The monoisotopic (exact) mass is 564 g/mol. The van der Waals surface area contributed by atoms with Gasteiger partial charge in [0.05, 0.1) is 23.0 Å². The van der Waals surface area contributed by atoms with E-state index in [0.29, 0.717) is 17.9 Å². The van der Waals surface area contributed by atoms with Crippen molar-refractivity contribution in [3.63, 3.8) is 0 Å². The quantitative estimate of drug-likeness (QED) is 0.437. The van der Waals surface area contributed by atoms with Gasteiger partial charge in [0.25, 0.3) is 11.8 Å². The molecule has 0 saturated carbocycles. The van der Waals surface area contributed by atoms with Crippen molar-refractivity contribution in [1.82, 2.24) is 30.1 Å². The highest BCUT2D eigenvalue weighted by molar-refractivity contribution is 6.23. The third-order valence-electron chi connectivity index (χ3n) is 7.59. The van der Waals surface area contributed by atoms with Crippen LogP contribution in [0.2, 0.25) is 0 Å². The summed E-state index contributed by atoms with van der Waals surface area (Å²) >= 11 is 0. The van der Waals surface area contributed by atoms with Gasteiger partial charge < -0.3 is 15.1 Å². The molecule has 3 N–H and O–H groups in total. The van der Waals surface area contributed by atoms with Crippen LogP contribution in [0, 0.1) is 5.92 Å². The minimum atomic E-state index is -5.08. The average molecular weight is 564 g/mol. The van der Waals surface area contributed by atoms with E-state index in [1.165, 1.54) is 10.7 Å². The van der Waals surface area contributed by atoms with Crippen LogP contribution < -0.4 is 5.32 Å². The van der Waals surface area contributed by atoms with Crippen LogP contribution in [0.1, 0.15) is 52.1 Å². The number of carbonyl (C=O) groups is 5. The maximum atomic E-state index is 13.1. The normalized spacial score (nSPS) is 27.7. The number of alkyl halides is 3. The molecule has 1 aromatic heterocycles. The zero-order valence-corrected chi connectivity index (χ0v) is 20.7. The number of nitrogens with one attached hydrogen (secondary N) is 1. The zero-order chi connectivity index (χ0) is 29.0. The number of hydrogen-bond donors (Lipinski definition) is 3. The van der Waals surface area contributed by atoms with E-state index in [-0.39, 0.29) is 29.9 Å². The van der Waals surface area contributed by atoms with E-state index in [2.05, 4.69) is 20.5 Å². The van der Waals surface area contributed by atoms with Crippen molar-refractivity contribution < 1.29 is 47.4 Å². The van der Waals surface area contributed by atoms with Gasteiger partial charge in [0.15, 0.2) is 0 Å². The molecule has 4 amide bonds. The average Bonchev–Trinajstić information content (AvgIpc) is 3.49. The predicted molar refractivity (Wildman–Crippen MR) is 125 cm³/mol. The van der Waals surface area contributed by atoms with E-state index in [9.17, 15) is 37.5 Å². The second kappa shape index (κ2) is 9.78. The van der Waals surface area contributed by atoms with Gasteiger partial charge in [-0.1, -0.05) is 5.21 Å². The molecular weight excluding hydrogens is 541 g/mol. The summed E-state index contributed by atoms with van der Waals surface area (Å²) in [4.78, 5) is 61.7. The summed E-state index contributed by atoms with van der Waals surface area (Å²) in [6.07, 6.45) is -1.42. The molecule has 40 heavy (non-hydrogen) atoms. The molecule has 5 aliphatic rings. The highest BCUT2D eigenvalue weighted by Crippen LogP contribution is 2.41. The van der Waals surface area contributed by atoms with E-state index in [1.54, 1.807) is 18.3 Å². The molecule has 16 heteroatoms. The maximum Gasteiger partial charge on any atom is 0.490 e. The van der Waals surface area contributed by atoms with Crippen molar-refractivity contribution in [3.05, 3.63) is 41.2 Å². The molecular formula is C24H23F3N6O7. The van der Waals surface area contributed by atoms with Gasteiger partial charge in [-0.05, 0) is 56.5 Å². The third-order valence-corrected chi connectivity index (χ3v) is 7.59. The number of nitrogens with zero attached hydrogens (tertiary/aromatic N) is 5. The van der Waals surface area contributed by atoms with Crippen LogP contribution >= 0.6 is 0 Å². The number of imide groups is 2. The fourth-order valence-corrected chi connectivity index (χ4v) is 5.52. The zero-order valence-electron chi connectivity index (χ0n) is 20.7. The van der Waals surface area contributed by atoms with E-state index < -0.39 is 47.4 Å². The number of benzene rings is 1. The molecule has 2 atom stereocenters. The smallest absolute Gasteiger partial charge is 0.475 e. The number of halogens is 3. The minimum absolute atomic E-state index is 0.0676. The summed E-state index contributed by atoms with van der Waals surface area (Å²) < 4.78 is 33.2. The van der Waals surface area contributed by atoms with Gasteiger partial charge in [0.2, 0.25) is 11.8 Å². The van der Waals surface area contributed by atoms with Crippen LogP contribution in [-0.4, -0.2) is 96.5 Å². The molecule has 4 saturated heterocycles.